The standard InChI is InChI=1S/C18H27N3OS/c1-17(2,3)10-14(22)19-16-21-20-15(23-16)18-7-11-4-12(8-18)6-13(5-11)9-18/h11-13H,4-10H2,1-3H3,(H,19,21,22). The number of carbonyl (C=O) groups excluding carboxylic acids is 1. The van der Waals surface area contributed by atoms with Gasteiger partial charge in [0.1, 0.15) is 5.01 Å². The van der Waals surface area contributed by atoms with Gasteiger partial charge in [-0.15, -0.1) is 10.2 Å². The molecule has 4 aliphatic rings. The second kappa shape index (κ2) is 5.27. The fraction of sp³-hybridized carbons (Fsp3) is 0.833. The van der Waals surface area contributed by atoms with Gasteiger partial charge in [0.25, 0.3) is 0 Å². The van der Waals surface area contributed by atoms with Crippen LogP contribution in [0.25, 0.3) is 0 Å². The molecule has 5 rings (SSSR count). The third kappa shape index (κ3) is 3.04. The van der Waals surface area contributed by atoms with Crippen molar-refractivity contribution < 1.29 is 4.79 Å². The molecule has 0 radical (unpaired) electrons. The molecular formula is C18H27N3OS. The number of rotatable bonds is 3. The minimum atomic E-state index is -0.00245. The van der Waals surface area contributed by atoms with Crippen molar-refractivity contribution in [2.75, 3.05) is 5.32 Å². The van der Waals surface area contributed by atoms with Crippen molar-refractivity contribution >= 4 is 22.4 Å². The van der Waals surface area contributed by atoms with Crippen LogP contribution >= 0.6 is 11.3 Å². The molecule has 4 fully saturated rings. The molecule has 4 aliphatic carbocycles. The van der Waals surface area contributed by atoms with Crippen molar-refractivity contribution in [3.05, 3.63) is 5.01 Å². The number of aromatic nitrogens is 2. The lowest BCUT2D eigenvalue weighted by Gasteiger charge is -2.55. The molecule has 4 bridgehead atoms. The van der Waals surface area contributed by atoms with E-state index in [0.29, 0.717) is 11.6 Å². The fourth-order valence-electron chi connectivity index (χ4n) is 5.51. The van der Waals surface area contributed by atoms with E-state index in [1.54, 1.807) is 11.3 Å². The van der Waals surface area contributed by atoms with Crippen LogP contribution in [0.2, 0.25) is 0 Å². The molecule has 0 spiro atoms. The minimum Gasteiger partial charge on any atom is -0.301 e. The highest BCUT2D eigenvalue weighted by molar-refractivity contribution is 7.15. The first-order chi connectivity index (χ1) is 10.8. The SMILES string of the molecule is CC(C)(C)CC(=O)Nc1nnc(C23CC4CC(CC(C4)C2)C3)s1. The molecule has 0 saturated heterocycles. The van der Waals surface area contributed by atoms with Gasteiger partial charge in [0.05, 0.1) is 0 Å². The lowest BCUT2D eigenvalue weighted by atomic mass is 9.50. The molecule has 126 valence electrons. The Hall–Kier alpha value is -0.970. The van der Waals surface area contributed by atoms with Crippen molar-refractivity contribution in [3.63, 3.8) is 0 Å². The van der Waals surface area contributed by atoms with Gasteiger partial charge in [0.15, 0.2) is 0 Å². The van der Waals surface area contributed by atoms with E-state index in [2.05, 4.69) is 36.3 Å². The molecular weight excluding hydrogens is 306 g/mol. The Morgan fingerprint density at radius 1 is 1.13 bits per heavy atom. The van der Waals surface area contributed by atoms with E-state index in [-0.39, 0.29) is 16.7 Å². The van der Waals surface area contributed by atoms with Gasteiger partial charge in [0.2, 0.25) is 11.0 Å². The van der Waals surface area contributed by atoms with E-state index in [0.717, 1.165) is 17.8 Å². The van der Waals surface area contributed by atoms with Crippen LogP contribution in [0.15, 0.2) is 0 Å². The van der Waals surface area contributed by atoms with Crippen molar-refractivity contribution in [2.24, 2.45) is 23.2 Å². The molecule has 4 saturated carbocycles. The third-order valence-electron chi connectivity index (χ3n) is 5.85. The second-order valence-electron chi connectivity index (χ2n) is 9.40. The lowest BCUT2D eigenvalue weighted by molar-refractivity contribution is -0.117. The molecule has 23 heavy (non-hydrogen) atoms. The summed E-state index contributed by atoms with van der Waals surface area (Å²) in [7, 11) is 0. The molecule has 0 unspecified atom stereocenters. The Morgan fingerprint density at radius 3 is 2.22 bits per heavy atom. The lowest BCUT2D eigenvalue weighted by Crippen LogP contribution is -2.48. The molecule has 1 aromatic rings. The molecule has 1 N–H and O–H groups in total. The van der Waals surface area contributed by atoms with E-state index in [1.807, 2.05) is 0 Å². The molecule has 1 heterocycles. The number of nitrogens with one attached hydrogen (secondary N) is 1. The topological polar surface area (TPSA) is 54.9 Å². The Kier molecular flexibility index (Phi) is 3.56. The maximum atomic E-state index is 12.1. The van der Waals surface area contributed by atoms with Crippen molar-refractivity contribution in [1.29, 1.82) is 0 Å². The van der Waals surface area contributed by atoms with Crippen LogP contribution < -0.4 is 5.32 Å². The number of hydrogen-bond donors (Lipinski definition) is 1. The van der Waals surface area contributed by atoms with Crippen molar-refractivity contribution in [3.8, 4) is 0 Å². The quantitative estimate of drug-likeness (QED) is 0.893. The summed E-state index contributed by atoms with van der Waals surface area (Å²) in [6.07, 6.45) is 8.71. The number of anilines is 1. The first kappa shape index (κ1) is 15.6. The van der Waals surface area contributed by atoms with Gasteiger partial charge < -0.3 is 5.32 Å². The minimum absolute atomic E-state index is 0.00245. The first-order valence-corrected chi connectivity index (χ1v) is 9.77. The van der Waals surface area contributed by atoms with Gasteiger partial charge >= 0.3 is 0 Å². The van der Waals surface area contributed by atoms with Crippen LogP contribution in [-0.4, -0.2) is 16.1 Å². The van der Waals surface area contributed by atoms with E-state index in [9.17, 15) is 4.79 Å². The van der Waals surface area contributed by atoms with Crippen LogP contribution in [0, 0.1) is 23.2 Å². The normalized spacial score (nSPS) is 35.5. The zero-order valence-electron chi connectivity index (χ0n) is 14.4. The Labute approximate surface area is 142 Å². The Bertz CT molecular complexity index is 581. The monoisotopic (exact) mass is 333 g/mol. The van der Waals surface area contributed by atoms with Crippen molar-refractivity contribution in [2.45, 2.75) is 71.1 Å². The summed E-state index contributed by atoms with van der Waals surface area (Å²) in [5.41, 5.74) is 0.275. The van der Waals surface area contributed by atoms with E-state index >= 15 is 0 Å². The number of nitrogens with zero attached hydrogens (tertiary/aromatic N) is 2. The van der Waals surface area contributed by atoms with E-state index in [1.165, 1.54) is 43.5 Å². The number of hydrogen-bond acceptors (Lipinski definition) is 4. The maximum absolute atomic E-state index is 12.1. The summed E-state index contributed by atoms with van der Waals surface area (Å²) >= 11 is 1.62. The highest BCUT2D eigenvalue weighted by Crippen LogP contribution is 2.61. The van der Waals surface area contributed by atoms with Crippen molar-refractivity contribution in [1.82, 2.24) is 10.2 Å². The van der Waals surface area contributed by atoms with Crippen LogP contribution in [0.5, 0.6) is 0 Å². The highest BCUT2D eigenvalue weighted by atomic mass is 32.1. The smallest absolute Gasteiger partial charge is 0.226 e. The Morgan fingerprint density at radius 2 is 1.70 bits per heavy atom. The molecule has 4 nitrogen and oxygen atoms in total. The van der Waals surface area contributed by atoms with Gasteiger partial charge in [0, 0.05) is 11.8 Å². The predicted molar refractivity (Wildman–Crippen MR) is 92.5 cm³/mol. The van der Waals surface area contributed by atoms with Gasteiger partial charge in [-0.05, 0) is 61.7 Å². The van der Waals surface area contributed by atoms with E-state index in [4.69, 9.17) is 0 Å². The number of amides is 1. The predicted octanol–water partition coefficient (Wildman–Crippen LogP) is 4.38. The van der Waals surface area contributed by atoms with Crippen LogP contribution in [0.1, 0.15) is 70.7 Å². The Balaban J connectivity index is 1.49. The van der Waals surface area contributed by atoms with Crippen LogP contribution in [0.3, 0.4) is 0 Å². The summed E-state index contributed by atoms with van der Waals surface area (Å²) in [4.78, 5) is 12.1. The molecule has 0 aromatic carbocycles. The molecule has 0 atom stereocenters. The first-order valence-electron chi connectivity index (χ1n) is 8.95. The van der Waals surface area contributed by atoms with Gasteiger partial charge in [-0.1, -0.05) is 32.1 Å². The molecule has 1 aromatic heterocycles. The summed E-state index contributed by atoms with van der Waals surface area (Å²) in [5, 5.41) is 13.6. The van der Waals surface area contributed by atoms with Gasteiger partial charge in [-0.2, -0.15) is 0 Å². The van der Waals surface area contributed by atoms with Crippen LogP contribution in [0.4, 0.5) is 5.13 Å². The fourth-order valence-corrected chi connectivity index (χ4v) is 6.48. The second-order valence-corrected chi connectivity index (χ2v) is 10.4. The molecule has 0 aliphatic heterocycles. The van der Waals surface area contributed by atoms with Crippen LogP contribution in [-0.2, 0) is 10.2 Å². The van der Waals surface area contributed by atoms with Gasteiger partial charge in [-0.25, -0.2) is 0 Å². The van der Waals surface area contributed by atoms with E-state index < -0.39 is 0 Å². The highest BCUT2D eigenvalue weighted by Gasteiger charge is 2.53. The zero-order chi connectivity index (χ0) is 16.2. The zero-order valence-corrected chi connectivity index (χ0v) is 15.2. The average Bonchev–Trinajstić information content (AvgIpc) is 2.83. The summed E-state index contributed by atoms with van der Waals surface area (Å²) in [5.74, 6) is 2.77. The number of carbonyl (C=O) groups is 1. The summed E-state index contributed by atoms with van der Waals surface area (Å²) in [6, 6.07) is 0. The third-order valence-corrected chi connectivity index (χ3v) is 6.94. The largest absolute Gasteiger partial charge is 0.301 e. The average molecular weight is 334 g/mol. The van der Waals surface area contributed by atoms with Gasteiger partial charge in [-0.3, -0.25) is 4.79 Å². The molecule has 5 heteroatoms. The maximum Gasteiger partial charge on any atom is 0.226 e. The molecule has 1 amide bonds. The summed E-state index contributed by atoms with van der Waals surface area (Å²) < 4.78 is 0. The summed E-state index contributed by atoms with van der Waals surface area (Å²) in [6.45, 7) is 6.23.